The minimum absolute atomic E-state index is 0. The number of hydrogen-bond acceptors (Lipinski definition) is 3. The molecule has 1 atom stereocenters. The van der Waals surface area contributed by atoms with E-state index in [0.29, 0.717) is 13.0 Å². The first-order chi connectivity index (χ1) is 17.5. The second kappa shape index (κ2) is 15.6. The van der Waals surface area contributed by atoms with Crippen LogP contribution in [-0.2, 0) is 5.41 Å². The lowest BCUT2D eigenvalue weighted by Crippen LogP contribution is -2.30. The Morgan fingerprint density at radius 3 is 1.97 bits per heavy atom. The largest absolute Gasteiger partial charge is 0.492 e. The molecule has 3 aromatic carbocycles. The van der Waals surface area contributed by atoms with Crippen LogP contribution in [0.3, 0.4) is 0 Å². The second-order valence-electron chi connectivity index (χ2n) is 10.0. The van der Waals surface area contributed by atoms with E-state index in [1.165, 1.54) is 25.7 Å². The van der Waals surface area contributed by atoms with E-state index < -0.39 is 5.41 Å². The Hall–Kier alpha value is -2.62. The first kappa shape index (κ1) is 30.6. The van der Waals surface area contributed by atoms with Crippen LogP contribution >= 0.6 is 12.4 Å². The Labute approximate surface area is 230 Å². The highest BCUT2D eigenvalue weighted by molar-refractivity contribution is 5.97. The number of nitrogens with zero attached hydrogens (tertiary/aromatic N) is 1. The molecule has 3 rings (SSSR count). The molecule has 37 heavy (non-hydrogen) atoms. The molecule has 0 bridgehead atoms. The highest BCUT2D eigenvalue weighted by Gasteiger charge is 2.32. The number of carbonyl (C=O) groups is 1. The van der Waals surface area contributed by atoms with Gasteiger partial charge >= 0.3 is 0 Å². The lowest BCUT2D eigenvalue weighted by Gasteiger charge is -2.31. The minimum atomic E-state index is -0.436. The summed E-state index contributed by atoms with van der Waals surface area (Å²) in [5.74, 6) is 1.08. The van der Waals surface area contributed by atoms with E-state index in [9.17, 15) is 4.79 Å². The molecule has 3 aromatic rings. The number of rotatable bonds is 15. The van der Waals surface area contributed by atoms with Crippen LogP contribution < -0.4 is 4.74 Å². The fourth-order valence-corrected chi connectivity index (χ4v) is 4.76. The fourth-order valence-electron chi connectivity index (χ4n) is 4.76. The van der Waals surface area contributed by atoms with Gasteiger partial charge in [0.25, 0.3) is 0 Å². The van der Waals surface area contributed by atoms with Crippen molar-refractivity contribution in [2.75, 3.05) is 26.2 Å². The molecular formula is C33H44ClNO2. The minimum Gasteiger partial charge on any atom is -0.492 e. The molecule has 200 valence electrons. The molecule has 0 aromatic heterocycles. The van der Waals surface area contributed by atoms with Crippen molar-refractivity contribution in [1.82, 2.24) is 4.90 Å². The predicted octanol–water partition coefficient (Wildman–Crippen LogP) is 8.28. The maximum absolute atomic E-state index is 13.3. The van der Waals surface area contributed by atoms with Gasteiger partial charge in [-0.05, 0) is 55.6 Å². The second-order valence-corrected chi connectivity index (χ2v) is 10.0. The highest BCUT2D eigenvalue weighted by atomic mass is 35.5. The van der Waals surface area contributed by atoms with Gasteiger partial charge in [-0.25, -0.2) is 0 Å². The van der Waals surface area contributed by atoms with Crippen LogP contribution in [0, 0.1) is 6.92 Å². The van der Waals surface area contributed by atoms with E-state index in [0.717, 1.165) is 47.6 Å². The van der Waals surface area contributed by atoms with Crippen molar-refractivity contribution >= 4 is 18.2 Å². The normalized spacial score (nSPS) is 12.6. The van der Waals surface area contributed by atoms with E-state index in [2.05, 4.69) is 62.9 Å². The third-order valence-electron chi connectivity index (χ3n) is 7.15. The molecule has 0 saturated carbocycles. The molecule has 0 aliphatic heterocycles. The Balaban J connectivity index is 0.00000481. The number of benzene rings is 3. The highest BCUT2D eigenvalue weighted by Crippen LogP contribution is 2.38. The van der Waals surface area contributed by atoms with Gasteiger partial charge < -0.3 is 4.74 Å². The molecule has 3 nitrogen and oxygen atoms in total. The van der Waals surface area contributed by atoms with E-state index >= 15 is 0 Å². The van der Waals surface area contributed by atoms with Crippen LogP contribution in [0.25, 0.3) is 0 Å². The Bertz CT molecular complexity index is 1060. The number of ether oxygens (including phenoxy) is 1. The molecule has 0 radical (unpaired) electrons. The third-order valence-corrected chi connectivity index (χ3v) is 7.15. The van der Waals surface area contributed by atoms with Gasteiger partial charge in [-0.1, -0.05) is 106 Å². The monoisotopic (exact) mass is 521 g/mol. The number of ketones is 1. The van der Waals surface area contributed by atoms with Crippen molar-refractivity contribution < 1.29 is 9.53 Å². The zero-order chi connectivity index (χ0) is 25.8. The number of aryl methyl sites for hydroxylation is 1. The third kappa shape index (κ3) is 8.72. The summed E-state index contributed by atoms with van der Waals surface area (Å²) >= 11 is 0. The zero-order valence-electron chi connectivity index (χ0n) is 23.0. The summed E-state index contributed by atoms with van der Waals surface area (Å²) in [7, 11) is 0. The predicted molar refractivity (Wildman–Crippen MR) is 158 cm³/mol. The Morgan fingerprint density at radius 1 is 0.811 bits per heavy atom. The first-order valence-electron chi connectivity index (χ1n) is 13.6. The van der Waals surface area contributed by atoms with Crippen LogP contribution in [0.2, 0.25) is 0 Å². The molecule has 0 aliphatic rings. The molecule has 0 saturated heterocycles. The van der Waals surface area contributed by atoms with Crippen molar-refractivity contribution in [2.24, 2.45) is 0 Å². The van der Waals surface area contributed by atoms with Crippen molar-refractivity contribution in [3.8, 4) is 5.75 Å². The van der Waals surface area contributed by atoms with Gasteiger partial charge in [0.05, 0.1) is 0 Å². The van der Waals surface area contributed by atoms with Gasteiger partial charge in [0.2, 0.25) is 0 Å². The number of carbonyl (C=O) groups excluding carboxylic acids is 1. The maximum Gasteiger partial charge on any atom is 0.164 e. The number of unbranched alkanes of at least 4 members (excludes halogenated alkanes) is 2. The van der Waals surface area contributed by atoms with Gasteiger partial charge in [-0.15, -0.1) is 12.4 Å². The summed E-state index contributed by atoms with van der Waals surface area (Å²) in [5.41, 5.74) is 3.71. The van der Waals surface area contributed by atoms with E-state index in [1.54, 1.807) is 0 Å². The summed E-state index contributed by atoms with van der Waals surface area (Å²) in [6.45, 7) is 12.7. The summed E-state index contributed by atoms with van der Waals surface area (Å²) in [4.78, 5) is 15.8. The summed E-state index contributed by atoms with van der Waals surface area (Å²) < 4.78 is 6.24. The van der Waals surface area contributed by atoms with Crippen LogP contribution in [0.15, 0.2) is 78.9 Å². The van der Waals surface area contributed by atoms with Crippen LogP contribution in [0.1, 0.15) is 79.9 Å². The van der Waals surface area contributed by atoms with Gasteiger partial charge in [-0.3, -0.25) is 9.69 Å². The lowest BCUT2D eigenvalue weighted by atomic mass is 9.72. The number of hydrogen-bond donors (Lipinski definition) is 0. The average Bonchev–Trinajstić information content (AvgIpc) is 2.91. The molecule has 1 unspecified atom stereocenters. The van der Waals surface area contributed by atoms with E-state index in [-0.39, 0.29) is 18.2 Å². The van der Waals surface area contributed by atoms with Gasteiger partial charge in [-0.2, -0.15) is 0 Å². The standard InChI is InChI=1S/C33H43NO2.ClH/c1-5-7-21-34(22-8-6-2)23-24-36-32-20-19-30(25-27(32)3)33(4,29-17-13-10-14-18-29)26-31(35)28-15-11-9-12-16-28;/h9-20,25H,5-8,21-24,26H2,1-4H3;1H. The van der Waals surface area contributed by atoms with Crippen LogP contribution in [0.5, 0.6) is 5.75 Å². The SMILES string of the molecule is CCCCN(CCCC)CCOc1ccc(C(C)(CC(=O)c2ccccc2)c2ccccc2)cc1C.Cl. The maximum atomic E-state index is 13.3. The van der Waals surface area contributed by atoms with Gasteiger partial charge in [0.15, 0.2) is 5.78 Å². The summed E-state index contributed by atoms with van der Waals surface area (Å²) in [6, 6.07) is 26.4. The smallest absolute Gasteiger partial charge is 0.164 e. The molecular weight excluding hydrogens is 478 g/mol. The number of Topliss-reactive ketones (excluding diaryl/α,β-unsaturated/α-hetero) is 1. The van der Waals surface area contributed by atoms with Crippen molar-refractivity contribution in [2.45, 2.75) is 65.2 Å². The number of halogens is 1. The topological polar surface area (TPSA) is 29.5 Å². The zero-order valence-corrected chi connectivity index (χ0v) is 23.9. The molecule has 0 N–H and O–H groups in total. The van der Waals surface area contributed by atoms with Gasteiger partial charge in [0, 0.05) is 23.9 Å². The fraction of sp³-hybridized carbons (Fsp3) is 0.424. The Kier molecular flexibility index (Phi) is 12.9. The molecule has 4 heteroatoms. The van der Waals surface area contributed by atoms with Crippen molar-refractivity contribution in [3.63, 3.8) is 0 Å². The van der Waals surface area contributed by atoms with Crippen molar-refractivity contribution in [1.29, 1.82) is 0 Å². The van der Waals surface area contributed by atoms with E-state index in [1.807, 2.05) is 48.5 Å². The van der Waals surface area contributed by atoms with Crippen LogP contribution in [0.4, 0.5) is 0 Å². The molecule has 0 aliphatic carbocycles. The van der Waals surface area contributed by atoms with Crippen molar-refractivity contribution in [3.05, 3.63) is 101 Å². The average molecular weight is 522 g/mol. The van der Waals surface area contributed by atoms with E-state index in [4.69, 9.17) is 4.74 Å². The summed E-state index contributed by atoms with van der Waals surface area (Å²) in [5, 5.41) is 0. The van der Waals surface area contributed by atoms with Crippen LogP contribution in [-0.4, -0.2) is 36.9 Å². The Morgan fingerprint density at radius 2 is 1.41 bits per heavy atom. The molecule has 0 amide bonds. The lowest BCUT2D eigenvalue weighted by molar-refractivity contribution is 0.0962. The molecule has 0 fully saturated rings. The first-order valence-corrected chi connectivity index (χ1v) is 13.6. The van der Waals surface area contributed by atoms with Gasteiger partial charge in [0.1, 0.15) is 12.4 Å². The quantitative estimate of drug-likeness (QED) is 0.188. The molecule has 0 spiro atoms. The summed E-state index contributed by atoms with van der Waals surface area (Å²) in [6.07, 6.45) is 5.31. The molecule has 0 heterocycles.